The summed E-state index contributed by atoms with van der Waals surface area (Å²) in [5.74, 6) is -2.67. The number of allylic oxidation sites excluding steroid dienone is 1. The summed E-state index contributed by atoms with van der Waals surface area (Å²) in [4.78, 5) is 62.8. The van der Waals surface area contributed by atoms with Gasteiger partial charge in [0.2, 0.25) is 11.8 Å². The number of fused-ring (bicyclic) bond motifs is 1. The van der Waals surface area contributed by atoms with Gasteiger partial charge in [-0.05, 0) is 43.8 Å². The van der Waals surface area contributed by atoms with Gasteiger partial charge in [-0.3, -0.25) is 19.4 Å². The quantitative estimate of drug-likeness (QED) is 0.0380. The highest BCUT2D eigenvalue weighted by molar-refractivity contribution is 8.03. The molecule has 0 aromatic rings. The van der Waals surface area contributed by atoms with Crippen LogP contribution in [0.1, 0.15) is 52.9 Å². The molecule has 0 aromatic carbocycles. The molecular weight excluding hydrogens is 614 g/mol. The Morgan fingerprint density at radius 1 is 1.18 bits per heavy atom. The van der Waals surface area contributed by atoms with Gasteiger partial charge in [0.25, 0.3) is 0 Å². The van der Waals surface area contributed by atoms with Gasteiger partial charge in [-0.2, -0.15) is 11.8 Å². The van der Waals surface area contributed by atoms with Crippen molar-refractivity contribution in [1.29, 1.82) is 0 Å². The molecule has 2 heterocycles. The number of thioether (sulfide) groups is 2. The Bertz CT molecular complexity index is 1190. The third kappa shape index (κ3) is 10.2. The zero-order chi connectivity index (χ0) is 33.2. The van der Waals surface area contributed by atoms with Crippen LogP contribution in [-0.2, 0) is 24.0 Å². The fraction of sp³-hybridized carbons (Fsp3) is 0.643. The number of nitrogens with one attached hydrogen (secondary N) is 1. The normalized spacial score (nSPS) is 23.3. The van der Waals surface area contributed by atoms with Crippen molar-refractivity contribution in [2.24, 2.45) is 33.7 Å². The highest BCUT2D eigenvalue weighted by atomic mass is 32.2. The van der Waals surface area contributed by atoms with Crippen LogP contribution in [0, 0.1) is 17.3 Å². The van der Waals surface area contributed by atoms with Gasteiger partial charge in [-0.25, -0.2) is 9.59 Å². The number of carboxylic acid groups (broad SMARTS) is 3. The molecule has 1 saturated carbocycles. The minimum absolute atomic E-state index is 0.0400. The highest BCUT2D eigenvalue weighted by Gasteiger charge is 2.56. The number of hydrogen-bond acceptors (Lipinski definition) is 10. The van der Waals surface area contributed by atoms with E-state index < -0.39 is 36.0 Å². The average molecular weight is 658 g/mol. The summed E-state index contributed by atoms with van der Waals surface area (Å²) in [6.45, 7) is 6.02. The number of β-lactam (4-membered cyclic amide) rings is 1. The van der Waals surface area contributed by atoms with E-state index in [0.29, 0.717) is 35.8 Å². The summed E-state index contributed by atoms with van der Waals surface area (Å²) in [6, 6.07) is -1.08. The van der Waals surface area contributed by atoms with Gasteiger partial charge in [0.1, 0.15) is 17.4 Å². The Hall–Kier alpha value is -3.08. The molecule has 9 N–H and O–H groups in total. The van der Waals surface area contributed by atoms with Crippen LogP contribution in [0.15, 0.2) is 27.4 Å². The number of carbonyl (C=O) groups excluding carboxylic acids is 2. The van der Waals surface area contributed by atoms with Gasteiger partial charge in [0.15, 0.2) is 0 Å². The lowest BCUT2D eigenvalue weighted by Gasteiger charge is -2.44. The number of nitrogens with two attached hydrogens (primary N) is 2. The first-order valence-electron chi connectivity index (χ1n) is 14.2. The smallest absolute Gasteiger partial charge is 0.353 e. The van der Waals surface area contributed by atoms with Crippen LogP contribution in [0.3, 0.4) is 0 Å². The molecule has 3 aliphatic rings. The summed E-state index contributed by atoms with van der Waals surface area (Å²) in [5.41, 5.74) is 10.5. The molecule has 0 unspecified atom stereocenters. The lowest BCUT2D eigenvalue weighted by molar-refractivity contribution is -0.161. The van der Waals surface area contributed by atoms with E-state index in [4.69, 9.17) is 21.7 Å². The van der Waals surface area contributed by atoms with Gasteiger partial charge in [0.05, 0.1) is 30.9 Å². The molecule has 44 heavy (non-hydrogen) atoms. The van der Waals surface area contributed by atoms with Crippen molar-refractivity contribution < 1.29 is 44.4 Å². The molecule has 246 valence electrons. The molecule has 0 radical (unpaired) electrons. The van der Waals surface area contributed by atoms with Crippen molar-refractivity contribution in [3.8, 4) is 0 Å². The van der Waals surface area contributed by atoms with Crippen molar-refractivity contribution in [1.82, 2.24) is 10.2 Å². The highest BCUT2D eigenvalue weighted by Crippen LogP contribution is 2.51. The molecule has 0 spiro atoms. The van der Waals surface area contributed by atoms with Crippen LogP contribution in [0.25, 0.3) is 0 Å². The number of carbonyl (C=O) groups is 5. The molecule has 14 nitrogen and oxygen atoms in total. The van der Waals surface area contributed by atoms with E-state index in [9.17, 15) is 34.2 Å². The topological polar surface area (TPSA) is 246 Å². The molecule has 1 aliphatic carbocycles. The SMILES string of the molecule is CC1(C)C[C@@H]1C(=O)N/C(=C\CCCCSC[C@@H](N)C(=O)O)C(=O)O.C[C@@H](O)[C@H]1C(=O)N2C(C(=O)O)=C(SCCN=CN)C[C@H]12. The summed E-state index contributed by atoms with van der Waals surface area (Å²) in [7, 11) is 0. The number of amides is 2. The molecule has 3 rings (SSSR count). The van der Waals surface area contributed by atoms with E-state index in [-0.39, 0.29) is 40.6 Å². The van der Waals surface area contributed by atoms with Gasteiger partial charge in [-0.15, -0.1) is 11.8 Å². The van der Waals surface area contributed by atoms with Gasteiger partial charge >= 0.3 is 17.9 Å². The van der Waals surface area contributed by atoms with Crippen LogP contribution >= 0.6 is 23.5 Å². The number of aliphatic hydroxyl groups is 1. The maximum absolute atomic E-state index is 12.0. The molecule has 5 atom stereocenters. The first-order valence-corrected chi connectivity index (χ1v) is 16.4. The van der Waals surface area contributed by atoms with E-state index in [1.165, 1.54) is 40.8 Å². The number of aliphatic imine (C=N–C) groups is 1. The van der Waals surface area contributed by atoms with Crippen LogP contribution in [0.4, 0.5) is 0 Å². The second kappa shape index (κ2) is 16.8. The first-order chi connectivity index (χ1) is 20.6. The number of nitrogens with zero attached hydrogens (tertiary/aromatic N) is 2. The van der Waals surface area contributed by atoms with Gasteiger partial charge in [-0.1, -0.05) is 19.9 Å². The number of rotatable bonds is 17. The average Bonchev–Trinajstić information content (AvgIpc) is 3.46. The van der Waals surface area contributed by atoms with Crippen molar-refractivity contribution >= 4 is 59.6 Å². The number of carboxylic acids is 3. The molecule has 0 aromatic heterocycles. The third-order valence-electron chi connectivity index (χ3n) is 7.52. The summed E-state index contributed by atoms with van der Waals surface area (Å²) in [6.07, 6.45) is 5.37. The second-order valence-electron chi connectivity index (χ2n) is 11.4. The van der Waals surface area contributed by atoms with E-state index in [0.717, 1.165) is 25.0 Å². The van der Waals surface area contributed by atoms with Crippen molar-refractivity contribution in [3.05, 3.63) is 22.4 Å². The predicted molar refractivity (Wildman–Crippen MR) is 168 cm³/mol. The lowest BCUT2D eigenvalue weighted by atomic mass is 9.83. The molecule has 2 aliphatic heterocycles. The van der Waals surface area contributed by atoms with Gasteiger partial charge in [0, 0.05) is 28.7 Å². The fourth-order valence-electron chi connectivity index (χ4n) is 4.86. The van der Waals surface area contributed by atoms with Crippen LogP contribution in [-0.4, -0.2) is 103 Å². The van der Waals surface area contributed by atoms with E-state index >= 15 is 0 Å². The summed E-state index contributed by atoms with van der Waals surface area (Å²) in [5, 5.41) is 39.2. The fourth-order valence-corrected chi connectivity index (χ4v) is 6.88. The minimum Gasteiger partial charge on any atom is -0.480 e. The zero-order valence-corrected chi connectivity index (χ0v) is 26.7. The van der Waals surface area contributed by atoms with Crippen LogP contribution < -0.4 is 16.8 Å². The number of aliphatic hydroxyl groups excluding tert-OH is 1. The Balaban J connectivity index is 0.000000311. The second-order valence-corrected chi connectivity index (χ2v) is 13.7. The largest absolute Gasteiger partial charge is 0.480 e. The number of aliphatic carboxylic acids is 3. The van der Waals surface area contributed by atoms with Crippen LogP contribution in [0.5, 0.6) is 0 Å². The first kappa shape index (κ1) is 37.1. The maximum atomic E-state index is 12.0. The van der Waals surface area contributed by atoms with E-state index in [1.54, 1.807) is 6.92 Å². The van der Waals surface area contributed by atoms with Crippen molar-refractivity contribution in [2.45, 2.75) is 71.1 Å². The van der Waals surface area contributed by atoms with Gasteiger partial charge < -0.3 is 42.1 Å². The van der Waals surface area contributed by atoms with Crippen molar-refractivity contribution in [2.75, 3.05) is 23.8 Å². The van der Waals surface area contributed by atoms with Crippen LogP contribution in [0.2, 0.25) is 0 Å². The molecule has 2 fully saturated rings. The number of unbranched alkanes of at least 4 members (excludes halogenated alkanes) is 2. The van der Waals surface area contributed by atoms with Crippen molar-refractivity contribution in [3.63, 3.8) is 0 Å². The van der Waals surface area contributed by atoms with E-state index in [1.807, 2.05) is 13.8 Å². The molecule has 0 bridgehead atoms. The summed E-state index contributed by atoms with van der Waals surface area (Å²) >= 11 is 2.84. The monoisotopic (exact) mass is 657 g/mol. The molecule has 16 heteroatoms. The Labute approximate surface area is 264 Å². The summed E-state index contributed by atoms with van der Waals surface area (Å²) < 4.78 is 0. The van der Waals surface area contributed by atoms with E-state index in [2.05, 4.69) is 10.3 Å². The predicted octanol–water partition coefficient (Wildman–Crippen LogP) is 1.05. The molecule has 1 saturated heterocycles. The third-order valence-corrected chi connectivity index (χ3v) is 9.78. The molecule has 2 amide bonds. The zero-order valence-electron chi connectivity index (χ0n) is 25.1. The minimum atomic E-state index is -1.14. The lowest BCUT2D eigenvalue weighted by Crippen LogP contribution is -2.61. The maximum Gasteiger partial charge on any atom is 0.353 e. The number of hydrogen-bond donors (Lipinski definition) is 7. The standard InChI is InChI=1S/C16H26N2O5S.C12H17N3O4S/c1-16(2)8-10(16)13(19)18-12(15(22)23)6-4-3-5-7-24-9-11(17)14(20)21;1-6(16)9-7-4-8(20-3-2-14-5-13)10(12(18)19)15(7)11(9)17/h6,10-11H,3-5,7-9,17H2,1-2H3,(H,18,19)(H,20,21)(H,22,23);5-7,9,16H,2-4H2,1H3,(H2,13,14)(H,18,19)/b12-6-;/t10-,11-;6-,7-,9-/m11/s1. The Kier molecular flexibility index (Phi) is 14.2. The Morgan fingerprint density at radius 2 is 1.84 bits per heavy atom. The molecular formula is C28H43N5O9S2. The Morgan fingerprint density at radius 3 is 2.36 bits per heavy atom.